The number of nitrogens with two attached hydrogens (primary N) is 1. The Labute approximate surface area is 118 Å². The topological polar surface area (TPSA) is 74.0 Å². The smallest absolute Gasteiger partial charge is 0.256 e. The first-order valence-corrected chi connectivity index (χ1v) is 6.73. The summed E-state index contributed by atoms with van der Waals surface area (Å²) in [7, 11) is 0. The zero-order valence-corrected chi connectivity index (χ0v) is 11.8. The lowest BCUT2D eigenvalue weighted by Crippen LogP contribution is -2.34. The van der Waals surface area contributed by atoms with Crippen molar-refractivity contribution in [3.05, 3.63) is 17.7 Å². The van der Waals surface area contributed by atoms with E-state index in [9.17, 15) is 4.79 Å². The van der Waals surface area contributed by atoms with Gasteiger partial charge in [0.05, 0.1) is 12.2 Å². The van der Waals surface area contributed by atoms with Gasteiger partial charge in [-0.1, -0.05) is 0 Å². The van der Waals surface area contributed by atoms with Crippen molar-refractivity contribution in [2.24, 2.45) is 0 Å². The quantitative estimate of drug-likeness (QED) is 0.631. The number of nitrogens with zero attached hydrogens (tertiary/aromatic N) is 1. The summed E-state index contributed by atoms with van der Waals surface area (Å²) in [5.41, 5.74) is 6.76. The number of carbonyl (C=O) groups is 1. The Balaban J connectivity index is 2.15. The highest BCUT2D eigenvalue weighted by Gasteiger charge is 2.22. The van der Waals surface area contributed by atoms with E-state index >= 15 is 0 Å². The number of fused-ring (bicyclic) bond motifs is 1. The van der Waals surface area contributed by atoms with E-state index in [0.717, 1.165) is 0 Å². The SMILES string of the molecule is CCOCCN(CC)C(=O)c1cc2c(cc1N)OCO2. The Morgan fingerprint density at radius 2 is 2.05 bits per heavy atom. The molecule has 0 fully saturated rings. The van der Waals surface area contributed by atoms with Crippen molar-refractivity contribution in [3.63, 3.8) is 0 Å². The Bertz CT molecular complexity index is 490. The fourth-order valence-electron chi connectivity index (χ4n) is 2.04. The van der Waals surface area contributed by atoms with Gasteiger partial charge in [-0.2, -0.15) is 0 Å². The largest absolute Gasteiger partial charge is 0.454 e. The zero-order chi connectivity index (χ0) is 14.5. The van der Waals surface area contributed by atoms with Crippen LogP contribution >= 0.6 is 0 Å². The lowest BCUT2D eigenvalue weighted by atomic mass is 10.1. The van der Waals surface area contributed by atoms with Crippen LogP contribution < -0.4 is 15.2 Å². The molecule has 2 rings (SSSR count). The number of carbonyl (C=O) groups excluding carboxylic acids is 1. The minimum absolute atomic E-state index is 0.122. The van der Waals surface area contributed by atoms with Gasteiger partial charge in [-0.05, 0) is 19.9 Å². The molecule has 0 bridgehead atoms. The third-order valence-corrected chi connectivity index (χ3v) is 3.15. The molecule has 0 spiro atoms. The molecular weight excluding hydrogens is 260 g/mol. The van der Waals surface area contributed by atoms with Crippen molar-refractivity contribution in [2.45, 2.75) is 13.8 Å². The molecule has 0 aliphatic carbocycles. The van der Waals surface area contributed by atoms with Crippen molar-refractivity contribution < 1.29 is 19.0 Å². The number of hydrogen-bond acceptors (Lipinski definition) is 5. The van der Waals surface area contributed by atoms with Gasteiger partial charge in [0.1, 0.15) is 0 Å². The van der Waals surface area contributed by atoms with Crippen LogP contribution in [-0.2, 0) is 4.74 Å². The molecule has 0 saturated carbocycles. The molecule has 0 unspecified atom stereocenters. The molecule has 1 aromatic carbocycles. The van der Waals surface area contributed by atoms with E-state index in [4.69, 9.17) is 19.9 Å². The second-order valence-corrected chi connectivity index (χ2v) is 4.37. The van der Waals surface area contributed by atoms with E-state index in [1.54, 1.807) is 17.0 Å². The number of hydrogen-bond donors (Lipinski definition) is 1. The number of benzene rings is 1. The van der Waals surface area contributed by atoms with Gasteiger partial charge in [0.2, 0.25) is 6.79 Å². The number of amides is 1. The Hall–Kier alpha value is -1.95. The highest BCUT2D eigenvalue weighted by molar-refractivity contribution is 6.00. The van der Waals surface area contributed by atoms with Gasteiger partial charge < -0.3 is 24.8 Å². The lowest BCUT2D eigenvalue weighted by Gasteiger charge is -2.21. The van der Waals surface area contributed by atoms with Crippen LogP contribution in [0.25, 0.3) is 0 Å². The van der Waals surface area contributed by atoms with E-state index in [2.05, 4.69) is 0 Å². The number of ether oxygens (including phenoxy) is 3. The Kier molecular flexibility index (Phi) is 4.68. The maximum Gasteiger partial charge on any atom is 0.256 e. The number of likely N-dealkylation sites (N-methyl/N-ethyl adjacent to an activating group) is 1. The summed E-state index contributed by atoms with van der Waals surface area (Å²) in [5, 5.41) is 0. The molecule has 0 aromatic heterocycles. The number of rotatable bonds is 6. The molecule has 6 heteroatoms. The predicted molar refractivity (Wildman–Crippen MR) is 75.0 cm³/mol. The summed E-state index contributed by atoms with van der Waals surface area (Å²) in [5.74, 6) is 1.02. The molecule has 0 saturated heterocycles. The minimum Gasteiger partial charge on any atom is -0.454 e. The fourth-order valence-corrected chi connectivity index (χ4v) is 2.04. The van der Waals surface area contributed by atoms with E-state index in [-0.39, 0.29) is 12.7 Å². The average molecular weight is 280 g/mol. The summed E-state index contributed by atoms with van der Waals surface area (Å²) in [6.07, 6.45) is 0. The minimum atomic E-state index is -0.122. The standard InChI is InChI=1S/C14H20N2O4/c1-3-16(5-6-18-4-2)14(17)10-7-12-13(8-11(10)15)20-9-19-12/h7-8H,3-6,9,15H2,1-2H3. The maximum absolute atomic E-state index is 12.5. The highest BCUT2D eigenvalue weighted by atomic mass is 16.7. The summed E-state index contributed by atoms with van der Waals surface area (Å²) in [6.45, 7) is 6.30. The van der Waals surface area contributed by atoms with Crippen LogP contribution in [0.2, 0.25) is 0 Å². The maximum atomic E-state index is 12.5. The van der Waals surface area contributed by atoms with E-state index in [1.807, 2.05) is 13.8 Å². The average Bonchev–Trinajstić information content (AvgIpc) is 2.89. The van der Waals surface area contributed by atoms with Crippen molar-refractivity contribution in [3.8, 4) is 11.5 Å². The van der Waals surface area contributed by atoms with E-state index in [0.29, 0.717) is 49.1 Å². The van der Waals surface area contributed by atoms with Crippen LogP contribution in [0.4, 0.5) is 5.69 Å². The van der Waals surface area contributed by atoms with Gasteiger partial charge in [-0.3, -0.25) is 4.79 Å². The zero-order valence-electron chi connectivity index (χ0n) is 11.8. The lowest BCUT2D eigenvalue weighted by molar-refractivity contribution is 0.0670. The summed E-state index contributed by atoms with van der Waals surface area (Å²) >= 11 is 0. The van der Waals surface area contributed by atoms with Gasteiger partial charge in [0.15, 0.2) is 11.5 Å². The molecule has 1 amide bonds. The van der Waals surface area contributed by atoms with Crippen molar-refractivity contribution >= 4 is 11.6 Å². The molecule has 1 aliphatic rings. The summed E-state index contributed by atoms with van der Waals surface area (Å²) in [4.78, 5) is 14.2. The predicted octanol–water partition coefficient (Wildman–Crippen LogP) is 1.50. The van der Waals surface area contributed by atoms with Gasteiger partial charge in [-0.25, -0.2) is 0 Å². The first-order chi connectivity index (χ1) is 9.67. The van der Waals surface area contributed by atoms with Crippen LogP contribution in [0.3, 0.4) is 0 Å². The van der Waals surface area contributed by atoms with Gasteiger partial charge >= 0.3 is 0 Å². The number of anilines is 1. The fraction of sp³-hybridized carbons (Fsp3) is 0.500. The van der Waals surface area contributed by atoms with Crippen LogP contribution in [0.15, 0.2) is 12.1 Å². The molecule has 20 heavy (non-hydrogen) atoms. The normalized spacial score (nSPS) is 12.5. The molecule has 0 radical (unpaired) electrons. The molecule has 0 atom stereocenters. The second kappa shape index (κ2) is 6.47. The van der Waals surface area contributed by atoms with Crippen LogP contribution in [-0.4, -0.2) is 43.9 Å². The van der Waals surface area contributed by atoms with Gasteiger partial charge in [0, 0.05) is 31.5 Å². The Morgan fingerprint density at radius 3 is 2.70 bits per heavy atom. The van der Waals surface area contributed by atoms with Crippen LogP contribution in [0, 0.1) is 0 Å². The molecule has 1 aliphatic heterocycles. The summed E-state index contributed by atoms with van der Waals surface area (Å²) in [6, 6.07) is 3.27. The van der Waals surface area contributed by atoms with E-state index < -0.39 is 0 Å². The second-order valence-electron chi connectivity index (χ2n) is 4.37. The van der Waals surface area contributed by atoms with Gasteiger partial charge in [0.25, 0.3) is 5.91 Å². The Morgan fingerprint density at radius 1 is 1.35 bits per heavy atom. The van der Waals surface area contributed by atoms with Crippen molar-refractivity contribution in [1.29, 1.82) is 0 Å². The molecule has 1 heterocycles. The number of nitrogen functional groups attached to an aromatic ring is 1. The molecular formula is C14H20N2O4. The van der Waals surface area contributed by atoms with E-state index in [1.165, 1.54) is 0 Å². The monoisotopic (exact) mass is 280 g/mol. The molecule has 2 N–H and O–H groups in total. The van der Waals surface area contributed by atoms with Crippen LogP contribution in [0.1, 0.15) is 24.2 Å². The highest BCUT2D eigenvalue weighted by Crippen LogP contribution is 2.36. The van der Waals surface area contributed by atoms with Crippen molar-refractivity contribution in [2.75, 3.05) is 38.8 Å². The third kappa shape index (κ3) is 2.96. The molecule has 110 valence electrons. The molecule has 6 nitrogen and oxygen atoms in total. The van der Waals surface area contributed by atoms with Crippen LogP contribution in [0.5, 0.6) is 11.5 Å². The first-order valence-electron chi connectivity index (χ1n) is 6.73. The summed E-state index contributed by atoms with van der Waals surface area (Å²) < 4.78 is 15.8. The third-order valence-electron chi connectivity index (χ3n) is 3.15. The van der Waals surface area contributed by atoms with Crippen molar-refractivity contribution in [1.82, 2.24) is 4.90 Å². The van der Waals surface area contributed by atoms with Gasteiger partial charge in [-0.15, -0.1) is 0 Å². The molecule has 1 aromatic rings. The first kappa shape index (κ1) is 14.5.